The van der Waals surface area contributed by atoms with Crippen LogP contribution in [0.3, 0.4) is 0 Å². The second-order valence-electron chi connectivity index (χ2n) is 8.34. The highest BCUT2D eigenvalue weighted by atomic mass is 35.5. The fourth-order valence-corrected chi connectivity index (χ4v) is 4.70. The van der Waals surface area contributed by atoms with Gasteiger partial charge in [-0.15, -0.1) is 0 Å². The molecule has 7 heteroatoms. The van der Waals surface area contributed by atoms with Gasteiger partial charge in [-0.2, -0.15) is 0 Å². The molecule has 1 aromatic carbocycles. The van der Waals surface area contributed by atoms with Crippen molar-refractivity contribution in [3.63, 3.8) is 0 Å². The van der Waals surface area contributed by atoms with Crippen LogP contribution in [-0.2, 0) is 24.2 Å². The molecule has 0 radical (unpaired) electrons. The van der Waals surface area contributed by atoms with Gasteiger partial charge in [-0.25, -0.2) is 9.97 Å². The molecule has 0 saturated carbocycles. The van der Waals surface area contributed by atoms with Gasteiger partial charge in [0.2, 0.25) is 5.91 Å². The third kappa shape index (κ3) is 4.60. The van der Waals surface area contributed by atoms with E-state index in [0.717, 1.165) is 80.6 Å². The van der Waals surface area contributed by atoms with Crippen LogP contribution in [0.4, 0.5) is 5.82 Å². The standard InChI is InChI=1S/C23H30ClN5O/c1-16(30)29-13-6-10-21(29)23-26-20-15-28(2)14-11-18(20)22(27-23)25-12-5-8-17-7-3-4-9-19(17)24/h3-4,7,9,21H,5-6,8,10-15H2,1-2H3,(H,25,26,27)/t21-/m1/s1. The number of likely N-dealkylation sites (tertiary alicyclic amines) is 1. The largest absolute Gasteiger partial charge is 0.370 e. The molecular weight excluding hydrogens is 398 g/mol. The van der Waals surface area contributed by atoms with Crippen molar-refractivity contribution in [2.45, 2.75) is 51.6 Å². The van der Waals surface area contributed by atoms with Crippen molar-refractivity contribution in [3.8, 4) is 0 Å². The Balaban J connectivity index is 1.51. The summed E-state index contributed by atoms with van der Waals surface area (Å²) in [4.78, 5) is 26.1. The molecule has 160 valence electrons. The molecule has 1 amide bonds. The van der Waals surface area contributed by atoms with Gasteiger partial charge in [-0.3, -0.25) is 4.79 Å². The topological polar surface area (TPSA) is 61.4 Å². The van der Waals surface area contributed by atoms with E-state index in [9.17, 15) is 4.79 Å². The molecule has 1 saturated heterocycles. The molecule has 1 fully saturated rings. The average Bonchev–Trinajstić information content (AvgIpc) is 3.22. The van der Waals surface area contributed by atoms with E-state index in [4.69, 9.17) is 21.6 Å². The van der Waals surface area contributed by atoms with Gasteiger partial charge >= 0.3 is 0 Å². The van der Waals surface area contributed by atoms with Gasteiger partial charge in [0.05, 0.1) is 11.7 Å². The fraction of sp³-hybridized carbons (Fsp3) is 0.522. The zero-order valence-corrected chi connectivity index (χ0v) is 18.6. The Hall–Kier alpha value is -2.18. The first-order chi connectivity index (χ1) is 14.5. The van der Waals surface area contributed by atoms with Crippen LogP contribution in [0.25, 0.3) is 0 Å². The quantitative estimate of drug-likeness (QED) is 0.709. The van der Waals surface area contributed by atoms with Crippen LogP contribution in [0.2, 0.25) is 5.02 Å². The molecule has 30 heavy (non-hydrogen) atoms. The molecule has 0 aliphatic carbocycles. The molecular formula is C23H30ClN5O. The van der Waals surface area contributed by atoms with Gasteiger partial charge in [-0.1, -0.05) is 29.8 Å². The van der Waals surface area contributed by atoms with E-state index in [2.05, 4.69) is 23.3 Å². The second-order valence-corrected chi connectivity index (χ2v) is 8.74. The predicted molar refractivity (Wildman–Crippen MR) is 120 cm³/mol. The molecule has 2 aliphatic heterocycles. The lowest BCUT2D eigenvalue weighted by atomic mass is 10.0. The van der Waals surface area contributed by atoms with E-state index in [1.165, 1.54) is 11.1 Å². The van der Waals surface area contributed by atoms with Crippen molar-refractivity contribution in [1.29, 1.82) is 0 Å². The number of aryl methyl sites for hydroxylation is 1. The van der Waals surface area contributed by atoms with E-state index in [1.54, 1.807) is 6.92 Å². The van der Waals surface area contributed by atoms with E-state index >= 15 is 0 Å². The zero-order valence-electron chi connectivity index (χ0n) is 17.8. The minimum absolute atomic E-state index is 0.0105. The first kappa shape index (κ1) is 21.1. The van der Waals surface area contributed by atoms with Gasteiger partial charge < -0.3 is 15.1 Å². The van der Waals surface area contributed by atoms with Gasteiger partial charge in [0.1, 0.15) is 5.82 Å². The Bertz CT molecular complexity index is 918. The Morgan fingerprint density at radius 1 is 1.27 bits per heavy atom. The minimum atomic E-state index is -0.0105. The number of likely N-dealkylation sites (N-methyl/N-ethyl adjacent to an activating group) is 1. The van der Waals surface area contributed by atoms with Crippen LogP contribution in [0.5, 0.6) is 0 Å². The number of hydrogen-bond acceptors (Lipinski definition) is 5. The van der Waals surface area contributed by atoms with Gasteiger partial charge in [0.15, 0.2) is 5.82 Å². The molecule has 0 unspecified atom stereocenters. The van der Waals surface area contributed by atoms with Crippen LogP contribution in [-0.4, -0.2) is 52.4 Å². The van der Waals surface area contributed by atoms with Crippen LogP contribution in [0, 0.1) is 0 Å². The molecule has 1 aromatic heterocycles. The summed E-state index contributed by atoms with van der Waals surface area (Å²) in [6.45, 7) is 5.09. The first-order valence-corrected chi connectivity index (χ1v) is 11.2. The number of nitrogens with zero attached hydrogens (tertiary/aromatic N) is 4. The number of nitrogens with one attached hydrogen (secondary N) is 1. The highest BCUT2D eigenvalue weighted by Crippen LogP contribution is 2.33. The number of fused-ring (bicyclic) bond motifs is 1. The molecule has 2 aromatic rings. The number of anilines is 1. The second kappa shape index (κ2) is 9.31. The Labute approximate surface area is 183 Å². The number of amides is 1. The maximum atomic E-state index is 12.1. The highest BCUT2D eigenvalue weighted by Gasteiger charge is 2.32. The number of benzene rings is 1. The summed E-state index contributed by atoms with van der Waals surface area (Å²) < 4.78 is 0. The van der Waals surface area contributed by atoms with Crippen molar-refractivity contribution >= 4 is 23.3 Å². The normalized spacial score (nSPS) is 19.0. The number of aromatic nitrogens is 2. The highest BCUT2D eigenvalue weighted by molar-refractivity contribution is 6.31. The summed E-state index contributed by atoms with van der Waals surface area (Å²) in [7, 11) is 2.12. The fourth-order valence-electron chi connectivity index (χ4n) is 4.47. The summed E-state index contributed by atoms with van der Waals surface area (Å²) in [5.41, 5.74) is 3.50. The van der Waals surface area contributed by atoms with Crippen LogP contribution in [0.15, 0.2) is 24.3 Å². The van der Waals surface area contributed by atoms with Gasteiger partial charge in [0, 0.05) is 43.7 Å². The summed E-state index contributed by atoms with van der Waals surface area (Å²) >= 11 is 6.28. The number of rotatable bonds is 6. The molecule has 3 heterocycles. The van der Waals surface area contributed by atoms with Crippen LogP contribution in [0.1, 0.15) is 54.9 Å². The maximum Gasteiger partial charge on any atom is 0.220 e. The predicted octanol–water partition coefficient (Wildman–Crippen LogP) is 3.85. The number of carbonyl (C=O) groups excluding carboxylic acids is 1. The molecule has 0 bridgehead atoms. The van der Waals surface area contributed by atoms with E-state index in [-0.39, 0.29) is 11.9 Å². The Morgan fingerprint density at radius 3 is 2.90 bits per heavy atom. The van der Waals surface area contributed by atoms with Gasteiger partial charge in [0.25, 0.3) is 0 Å². The summed E-state index contributed by atoms with van der Waals surface area (Å²) in [5, 5.41) is 4.40. The maximum absolute atomic E-state index is 12.1. The SMILES string of the molecule is CC(=O)N1CCC[C@@H]1c1nc2c(c(NCCCc3ccccc3Cl)n1)CCN(C)C2. The van der Waals surface area contributed by atoms with Crippen molar-refractivity contribution in [2.75, 3.05) is 32.0 Å². The number of halogens is 1. The summed E-state index contributed by atoms with van der Waals surface area (Å²) in [5.74, 6) is 1.83. The van der Waals surface area contributed by atoms with Crippen LogP contribution >= 0.6 is 11.6 Å². The van der Waals surface area contributed by atoms with E-state index < -0.39 is 0 Å². The molecule has 0 spiro atoms. The molecule has 1 atom stereocenters. The Morgan fingerprint density at radius 2 is 2.10 bits per heavy atom. The summed E-state index contributed by atoms with van der Waals surface area (Å²) in [6.07, 6.45) is 4.78. The number of hydrogen-bond donors (Lipinski definition) is 1. The first-order valence-electron chi connectivity index (χ1n) is 10.9. The lowest BCUT2D eigenvalue weighted by Gasteiger charge is -2.28. The molecule has 4 rings (SSSR count). The van der Waals surface area contributed by atoms with Crippen molar-refractivity contribution in [1.82, 2.24) is 19.8 Å². The van der Waals surface area contributed by atoms with Crippen molar-refractivity contribution in [2.24, 2.45) is 0 Å². The van der Waals surface area contributed by atoms with Crippen molar-refractivity contribution < 1.29 is 4.79 Å². The lowest BCUT2D eigenvalue weighted by molar-refractivity contribution is -0.129. The minimum Gasteiger partial charge on any atom is -0.370 e. The van der Waals surface area contributed by atoms with Crippen molar-refractivity contribution in [3.05, 3.63) is 51.9 Å². The Kier molecular flexibility index (Phi) is 6.54. The van der Waals surface area contributed by atoms with E-state index in [0.29, 0.717) is 0 Å². The average molecular weight is 428 g/mol. The lowest BCUT2D eigenvalue weighted by Crippen LogP contribution is -2.32. The van der Waals surface area contributed by atoms with Gasteiger partial charge in [-0.05, 0) is 50.8 Å². The third-order valence-corrected chi connectivity index (χ3v) is 6.47. The van der Waals surface area contributed by atoms with E-state index in [1.807, 2.05) is 23.1 Å². The molecule has 6 nitrogen and oxygen atoms in total. The zero-order chi connectivity index (χ0) is 21.1. The summed E-state index contributed by atoms with van der Waals surface area (Å²) in [6, 6.07) is 8.00. The number of carbonyl (C=O) groups is 1. The monoisotopic (exact) mass is 427 g/mol. The third-order valence-electron chi connectivity index (χ3n) is 6.10. The molecule has 1 N–H and O–H groups in total. The van der Waals surface area contributed by atoms with Crippen LogP contribution < -0.4 is 5.32 Å². The smallest absolute Gasteiger partial charge is 0.220 e. The molecule has 2 aliphatic rings.